The molecule has 1 heterocycles. The number of aliphatic imine (C=N–C) groups is 2. The highest BCUT2D eigenvalue weighted by Crippen LogP contribution is 2.41. The van der Waals surface area contributed by atoms with Gasteiger partial charge in [-0.15, -0.1) is 0 Å². The van der Waals surface area contributed by atoms with Gasteiger partial charge >= 0.3 is 0 Å². The molecule has 0 saturated carbocycles. The fourth-order valence-corrected chi connectivity index (χ4v) is 2.39. The summed E-state index contributed by atoms with van der Waals surface area (Å²) in [6.45, 7) is 8.12. The molecule has 0 saturated heterocycles. The van der Waals surface area contributed by atoms with Crippen LogP contribution in [0.15, 0.2) is 28.2 Å². The second-order valence-corrected chi connectivity index (χ2v) is 5.81. The zero-order valence-electron chi connectivity index (χ0n) is 14.0. The first-order valence-corrected chi connectivity index (χ1v) is 7.72. The number of amides is 1. The van der Waals surface area contributed by atoms with Crippen LogP contribution < -0.4 is 14.8 Å². The predicted octanol–water partition coefficient (Wildman–Crippen LogP) is 2.61. The summed E-state index contributed by atoms with van der Waals surface area (Å²) >= 11 is 0. The molecule has 0 atom stereocenters. The molecule has 0 bridgehead atoms. The summed E-state index contributed by atoms with van der Waals surface area (Å²) in [6, 6.07) is 5.72. The maximum atomic E-state index is 12.0. The third-order valence-electron chi connectivity index (χ3n) is 3.22. The summed E-state index contributed by atoms with van der Waals surface area (Å²) in [7, 11) is 0. The maximum Gasteiger partial charge on any atom is 0.264 e. The second-order valence-electron chi connectivity index (χ2n) is 5.81. The van der Waals surface area contributed by atoms with Crippen LogP contribution in [0.4, 0.5) is 0 Å². The van der Waals surface area contributed by atoms with Gasteiger partial charge < -0.3 is 9.47 Å². The highest BCUT2D eigenvalue weighted by molar-refractivity contribution is 6.00. The van der Waals surface area contributed by atoms with Crippen molar-refractivity contribution in [1.29, 1.82) is 0 Å². The highest BCUT2D eigenvalue weighted by Gasteiger charge is 2.32. The van der Waals surface area contributed by atoms with Crippen LogP contribution in [0.2, 0.25) is 0 Å². The molecule has 1 N–H and O–H groups in total. The van der Waals surface area contributed by atoms with E-state index in [1.54, 1.807) is 19.2 Å². The third kappa shape index (κ3) is 4.55. The van der Waals surface area contributed by atoms with Gasteiger partial charge in [0, 0.05) is 26.2 Å². The fourth-order valence-electron chi connectivity index (χ4n) is 2.39. The number of nitrogens with zero attached hydrogens (tertiary/aromatic N) is 2. The average Bonchev–Trinajstić information content (AvgIpc) is 2.80. The molecular formula is C17H25N3O3. The number of benzene rings is 1. The van der Waals surface area contributed by atoms with Gasteiger partial charge in [0.1, 0.15) is 5.60 Å². The van der Waals surface area contributed by atoms with Gasteiger partial charge in [-0.3, -0.25) is 15.1 Å². The number of para-hydroxylation sites is 1. The second kappa shape index (κ2) is 7.26. The van der Waals surface area contributed by atoms with Crippen molar-refractivity contribution in [3.8, 4) is 11.5 Å². The Bertz CT molecular complexity index is 642. The monoisotopic (exact) mass is 319 g/mol. The van der Waals surface area contributed by atoms with Crippen molar-refractivity contribution in [2.45, 2.75) is 39.7 Å². The number of hydrogen-bond donors (Lipinski definition) is 1. The molecule has 6 nitrogen and oxygen atoms in total. The Kier molecular flexibility index (Phi) is 5.36. The number of ether oxygens (including phenoxy) is 2. The van der Waals surface area contributed by atoms with Gasteiger partial charge in [0.05, 0.1) is 0 Å². The van der Waals surface area contributed by atoms with Gasteiger partial charge in [-0.2, -0.15) is 0 Å². The number of nitrogens with one attached hydrogen (secondary N) is 1. The number of guanidine groups is 1. The third-order valence-corrected chi connectivity index (χ3v) is 3.22. The molecule has 1 aliphatic heterocycles. The Hall–Kier alpha value is -2.37. The Balaban J connectivity index is 0.00000288. The van der Waals surface area contributed by atoms with Gasteiger partial charge in [0.25, 0.3) is 5.91 Å². The summed E-state index contributed by atoms with van der Waals surface area (Å²) in [5.41, 5.74) is 0.845. The summed E-state index contributed by atoms with van der Waals surface area (Å²) < 4.78 is 11.5. The molecule has 1 amide bonds. The predicted molar refractivity (Wildman–Crippen MR) is 92.7 cm³/mol. The Morgan fingerprint density at radius 3 is 3.00 bits per heavy atom. The summed E-state index contributed by atoms with van der Waals surface area (Å²) in [5, 5.41) is 2.62. The van der Waals surface area contributed by atoms with E-state index in [0.29, 0.717) is 18.3 Å². The van der Waals surface area contributed by atoms with Crippen molar-refractivity contribution < 1.29 is 15.7 Å². The van der Waals surface area contributed by atoms with Gasteiger partial charge in [-0.05, 0) is 33.8 Å². The number of carbonyl (C=O) groups excluding carboxylic acids is 1. The molecule has 23 heavy (non-hydrogen) atoms. The smallest absolute Gasteiger partial charge is 0.264 e. The van der Waals surface area contributed by atoms with Crippen molar-refractivity contribution in [1.82, 2.24) is 5.32 Å². The minimum Gasteiger partial charge on any atom is -0.483 e. The highest BCUT2D eigenvalue weighted by atomic mass is 16.5. The fraction of sp³-hybridized carbons (Fsp3) is 0.471. The van der Waals surface area contributed by atoms with Crippen LogP contribution in [0, 0.1) is 0 Å². The van der Waals surface area contributed by atoms with Gasteiger partial charge in [0.15, 0.2) is 18.1 Å². The molecular weight excluding hydrogens is 294 g/mol. The van der Waals surface area contributed by atoms with Crippen molar-refractivity contribution in [2.75, 3.05) is 13.2 Å². The molecule has 0 radical (unpaired) electrons. The van der Waals surface area contributed by atoms with Crippen LogP contribution in [0.25, 0.3) is 0 Å². The van der Waals surface area contributed by atoms with Crippen LogP contribution in [-0.2, 0) is 11.2 Å². The Labute approximate surface area is 138 Å². The van der Waals surface area contributed by atoms with E-state index in [1.165, 1.54) is 0 Å². The van der Waals surface area contributed by atoms with Crippen molar-refractivity contribution in [3.63, 3.8) is 0 Å². The Morgan fingerprint density at radius 1 is 1.52 bits per heavy atom. The normalized spacial score (nSPS) is 16.1. The lowest BCUT2D eigenvalue weighted by atomic mass is 10.0. The zero-order valence-corrected chi connectivity index (χ0v) is 14.0. The SMILES string of the molecule is C/C=N\C(=NCC)NC(=O)COc1cccc2c1OC(C)(C)C2.[HH]. The van der Waals surface area contributed by atoms with Crippen LogP contribution >= 0.6 is 0 Å². The lowest BCUT2D eigenvalue weighted by Crippen LogP contribution is -2.33. The molecule has 2 rings (SSSR count). The minimum atomic E-state index is -0.308. The zero-order chi connectivity index (χ0) is 16.9. The molecule has 0 spiro atoms. The molecule has 0 fully saturated rings. The molecule has 1 aliphatic rings. The van der Waals surface area contributed by atoms with Gasteiger partial charge in [0.2, 0.25) is 5.96 Å². The molecule has 6 heteroatoms. The summed E-state index contributed by atoms with van der Waals surface area (Å²) in [5.74, 6) is 1.28. The van der Waals surface area contributed by atoms with E-state index < -0.39 is 0 Å². The van der Waals surface area contributed by atoms with Gasteiger partial charge in [-0.25, -0.2) is 4.99 Å². The van der Waals surface area contributed by atoms with Crippen molar-refractivity contribution in [3.05, 3.63) is 23.8 Å². The summed E-state index contributed by atoms with van der Waals surface area (Å²) in [6.07, 6.45) is 2.40. The van der Waals surface area contributed by atoms with Crippen LogP contribution in [-0.4, -0.2) is 36.8 Å². The first kappa shape index (κ1) is 17.0. The minimum absolute atomic E-state index is 0. The molecule has 1 aromatic rings. The average molecular weight is 319 g/mol. The first-order valence-electron chi connectivity index (χ1n) is 7.72. The quantitative estimate of drug-likeness (QED) is 0.685. The maximum absolute atomic E-state index is 12.0. The van der Waals surface area contributed by atoms with Crippen LogP contribution in [0.3, 0.4) is 0 Å². The van der Waals surface area contributed by atoms with E-state index >= 15 is 0 Å². The first-order chi connectivity index (χ1) is 10.9. The van der Waals surface area contributed by atoms with Crippen molar-refractivity contribution in [2.24, 2.45) is 9.98 Å². The van der Waals surface area contributed by atoms with Crippen molar-refractivity contribution >= 4 is 18.1 Å². The molecule has 126 valence electrons. The lowest BCUT2D eigenvalue weighted by Gasteiger charge is -2.18. The van der Waals surface area contributed by atoms with E-state index in [1.807, 2.05) is 32.9 Å². The molecule has 1 aromatic carbocycles. The summed E-state index contributed by atoms with van der Waals surface area (Å²) in [4.78, 5) is 20.1. The topological polar surface area (TPSA) is 72.3 Å². The van der Waals surface area contributed by atoms with E-state index in [2.05, 4.69) is 15.3 Å². The van der Waals surface area contributed by atoms with Crippen LogP contribution in [0.1, 0.15) is 34.7 Å². The van der Waals surface area contributed by atoms with E-state index in [4.69, 9.17) is 9.47 Å². The standard InChI is InChI=1S/C17H23N3O3.H2/c1-5-18-16(19-6-2)20-14(21)11-22-13-9-7-8-12-10-17(3,4)23-15(12)13;/h5,7-9H,6,10-11H2,1-4H3,(H,19,20,21);1H/b18-5-;. The Morgan fingerprint density at radius 2 is 2.30 bits per heavy atom. The van der Waals surface area contributed by atoms with Crippen LogP contribution in [0.5, 0.6) is 11.5 Å². The number of hydrogen-bond acceptors (Lipinski definition) is 4. The largest absolute Gasteiger partial charge is 0.483 e. The number of carbonyl (C=O) groups is 1. The molecule has 0 unspecified atom stereocenters. The molecule has 0 aromatic heterocycles. The lowest BCUT2D eigenvalue weighted by molar-refractivity contribution is -0.121. The van der Waals surface area contributed by atoms with Gasteiger partial charge in [-0.1, -0.05) is 12.1 Å². The van der Waals surface area contributed by atoms with E-state index in [-0.39, 0.29) is 19.5 Å². The van der Waals surface area contributed by atoms with E-state index in [9.17, 15) is 4.79 Å². The molecule has 0 aliphatic carbocycles. The number of fused-ring (bicyclic) bond motifs is 1. The number of rotatable bonds is 4. The van der Waals surface area contributed by atoms with E-state index in [0.717, 1.165) is 17.7 Å².